The molecule has 0 spiro atoms. The number of hydrogen-bond donors (Lipinski definition) is 0. The van der Waals surface area contributed by atoms with Gasteiger partial charge < -0.3 is 9.64 Å². The van der Waals surface area contributed by atoms with Crippen LogP contribution in [0.25, 0.3) is 0 Å². The van der Waals surface area contributed by atoms with E-state index in [4.69, 9.17) is 4.74 Å². The molecule has 0 amide bonds. The van der Waals surface area contributed by atoms with Crippen LogP contribution in [-0.4, -0.2) is 36.9 Å². The van der Waals surface area contributed by atoms with Crippen molar-refractivity contribution in [3.05, 3.63) is 11.3 Å². The monoisotopic (exact) mass is 211 g/mol. The Kier molecular flexibility index (Phi) is 3.88. The van der Waals surface area contributed by atoms with Gasteiger partial charge >= 0.3 is 5.97 Å². The zero-order valence-corrected chi connectivity index (χ0v) is 9.50. The molecule has 1 aliphatic rings. The first-order valence-electron chi connectivity index (χ1n) is 5.20. The third kappa shape index (κ3) is 2.58. The van der Waals surface area contributed by atoms with Gasteiger partial charge in [0, 0.05) is 19.3 Å². The summed E-state index contributed by atoms with van der Waals surface area (Å²) in [7, 11) is 1.89. The normalized spacial score (nSPS) is 19.0. The van der Waals surface area contributed by atoms with Gasteiger partial charge in [-0.15, -0.1) is 0 Å². The molecule has 0 saturated carbocycles. The second-order valence-electron chi connectivity index (χ2n) is 3.62. The molecular weight excluding hydrogens is 194 g/mol. The van der Waals surface area contributed by atoms with Crippen LogP contribution in [0.2, 0.25) is 0 Å². The van der Waals surface area contributed by atoms with Crippen LogP contribution >= 0.6 is 0 Å². The van der Waals surface area contributed by atoms with Gasteiger partial charge in [-0.1, -0.05) is 0 Å². The van der Waals surface area contributed by atoms with E-state index in [0.717, 1.165) is 25.1 Å². The Balaban J connectivity index is 3.00. The van der Waals surface area contributed by atoms with Crippen molar-refractivity contribution in [2.75, 3.05) is 20.2 Å². The van der Waals surface area contributed by atoms with Crippen LogP contribution in [0, 0.1) is 0 Å². The number of carbonyl (C=O) groups is 2. The Hall–Kier alpha value is -1.32. The number of nitrogens with zero attached hydrogens (tertiary/aromatic N) is 1. The molecule has 0 atom stereocenters. The summed E-state index contributed by atoms with van der Waals surface area (Å²) in [6, 6.07) is 0. The number of esters is 1. The van der Waals surface area contributed by atoms with Gasteiger partial charge in [0.2, 0.25) is 0 Å². The minimum atomic E-state index is -0.492. The Labute approximate surface area is 89.9 Å². The number of likely N-dealkylation sites (tertiary alicyclic amines) is 1. The average Bonchev–Trinajstić information content (AvgIpc) is 2.52. The molecule has 0 unspecified atom stereocenters. The average molecular weight is 211 g/mol. The first kappa shape index (κ1) is 11.8. The number of rotatable bonds is 3. The molecule has 4 heteroatoms. The number of carbonyl (C=O) groups excluding carboxylic acids is 2. The molecule has 15 heavy (non-hydrogen) atoms. The van der Waals surface area contributed by atoms with Crippen molar-refractivity contribution in [1.29, 1.82) is 0 Å². The summed E-state index contributed by atoms with van der Waals surface area (Å²) in [4.78, 5) is 24.9. The molecule has 0 bridgehead atoms. The highest BCUT2D eigenvalue weighted by Crippen LogP contribution is 2.23. The first-order chi connectivity index (χ1) is 7.07. The van der Waals surface area contributed by atoms with E-state index in [1.807, 2.05) is 11.9 Å². The van der Waals surface area contributed by atoms with Gasteiger partial charge in [0.25, 0.3) is 0 Å². The maximum absolute atomic E-state index is 11.6. The van der Waals surface area contributed by atoms with Crippen molar-refractivity contribution in [2.45, 2.75) is 26.7 Å². The van der Waals surface area contributed by atoms with Crippen molar-refractivity contribution in [1.82, 2.24) is 4.90 Å². The molecule has 0 aromatic heterocycles. The third-order valence-electron chi connectivity index (χ3n) is 2.49. The lowest BCUT2D eigenvalue weighted by atomic mass is 10.1. The minimum absolute atomic E-state index is 0.211. The summed E-state index contributed by atoms with van der Waals surface area (Å²) < 4.78 is 4.88. The molecular formula is C11H17NO3. The molecule has 1 aliphatic heterocycles. The Morgan fingerprint density at radius 1 is 1.47 bits per heavy atom. The lowest BCUT2D eigenvalue weighted by Crippen LogP contribution is -2.21. The third-order valence-corrected chi connectivity index (χ3v) is 2.49. The molecule has 0 aliphatic carbocycles. The van der Waals surface area contributed by atoms with Gasteiger partial charge in [-0.2, -0.15) is 0 Å². The Morgan fingerprint density at radius 2 is 2.13 bits per heavy atom. The zero-order chi connectivity index (χ0) is 11.4. The summed E-state index contributed by atoms with van der Waals surface area (Å²) >= 11 is 0. The molecule has 0 radical (unpaired) electrons. The fourth-order valence-electron chi connectivity index (χ4n) is 1.79. The second kappa shape index (κ2) is 4.96. The summed E-state index contributed by atoms with van der Waals surface area (Å²) in [5.41, 5.74) is 1.04. The van der Waals surface area contributed by atoms with Gasteiger partial charge in [0.1, 0.15) is 5.57 Å². The second-order valence-corrected chi connectivity index (χ2v) is 3.62. The van der Waals surface area contributed by atoms with Gasteiger partial charge in [-0.05, 0) is 26.7 Å². The maximum atomic E-state index is 11.6. The van der Waals surface area contributed by atoms with Crippen LogP contribution in [0.5, 0.6) is 0 Å². The highest BCUT2D eigenvalue weighted by atomic mass is 16.5. The molecule has 1 saturated heterocycles. The molecule has 84 valence electrons. The van der Waals surface area contributed by atoms with Gasteiger partial charge in [-0.25, -0.2) is 4.79 Å². The highest BCUT2D eigenvalue weighted by Gasteiger charge is 2.26. The standard InChI is InChI=1S/C11H17NO3/c1-4-15-11(14)10(8(2)13)9-6-5-7-12(9)3/h4-7H2,1-3H3. The van der Waals surface area contributed by atoms with Gasteiger partial charge in [-0.3, -0.25) is 4.79 Å². The molecule has 1 fully saturated rings. The topological polar surface area (TPSA) is 46.6 Å². The van der Waals surface area contributed by atoms with E-state index in [9.17, 15) is 9.59 Å². The molecule has 1 rings (SSSR count). The van der Waals surface area contributed by atoms with E-state index < -0.39 is 5.97 Å². The Morgan fingerprint density at radius 3 is 2.53 bits per heavy atom. The number of ether oxygens (including phenoxy) is 1. The SMILES string of the molecule is CCOC(=O)C(C(C)=O)=C1CCCN1C. The van der Waals surface area contributed by atoms with Crippen LogP contribution in [-0.2, 0) is 14.3 Å². The van der Waals surface area contributed by atoms with Crippen LogP contribution in [0.1, 0.15) is 26.7 Å². The van der Waals surface area contributed by atoms with Crippen LogP contribution in [0.15, 0.2) is 11.3 Å². The van der Waals surface area contributed by atoms with Crippen molar-refractivity contribution in [3.63, 3.8) is 0 Å². The summed E-state index contributed by atoms with van der Waals surface area (Å²) in [6.45, 7) is 4.34. The van der Waals surface area contributed by atoms with Gasteiger partial charge in [0.05, 0.1) is 6.61 Å². The number of ketones is 1. The zero-order valence-electron chi connectivity index (χ0n) is 9.50. The largest absolute Gasteiger partial charge is 0.462 e. The minimum Gasteiger partial charge on any atom is -0.462 e. The quantitative estimate of drug-likeness (QED) is 0.304. The number of hydrogen-bond acceptors (Lipinski definition) is 4. The van der Waals surface area contributed by atoms with E-state index in [0.29, 0.717) is 6.61 Å². The number of allylic oxidation sites excluding steroid dienone is 1. The predicted molar refractivity (Wildman–Crippen MR) is 56.2 cm³/mol. The molecule has 1 heterocycles. The summed E-state index contributed by atoms with van der Waals surface area (Å²) in [5, 5.41) is 0. The highest BCUT2D eigenvalue weighted by molar-refractivity contribution is 6.17. The van der Waals surface area contributed by atoms with Crippen molar-refractivity contribution < 1.29 is 14.3 Å². The van der Waals surface area contributed by atoms with Crippen LogP contribution < -0.4 is 0 Å². The van der Waals surface area contributed by atoms with Crippen molar-refractivity contribution in [3.8, 4) is 0 Å². The lowest BCUT2D eigenvalue weighted by Gasteiger charge is -2.16. The lowest BCUT2D eigenvalue weighted by molar-refractivity contribution is -0.140. The van der Waals surface area contributed by atoms with Crippen LogP contribution in [0.3, 0.4) is 0 Å². The van der Waals surface area contributed by atoms with Crippen LogP contribution in [0.4, 0.5) is 0 Å². The predicted octanol–water partition coefficient (Wildman–Crippen LogP) is 1.12. The van der Waals surface area contributed by atoms with Crippen molar-refractivity contribution in [2.24, 2.45) is 0 Å². The number of Topliss-reactive ketones (excluding diaryl/α,β-unsaturated/α-hetero) is 1. The van der Waals surface area contributed by atoms with E-state index >= 15 is 0 Å². The molecule has 0 N–H and O–H groups in total. The molecule has 4 nitrogen and oxygen atoms in total. The van der Waals surface area contributed by atoms with E-state index in [2.05, 4.69) is 0 Å². The maximum Gasteiger partial charge on any atom is 0.343 e. The molecule has 0 aromatic rings. The van der Waals surface area contributed by atoms with E-state index in [-0.39, 0.29) is 11.4 Å². The first-order valence-corrected chi connectivity index (χ1v) is 5.20. The fourth-order valence-corrected chi connectivity index (χ4v) is 1.79. The van der Waals surface area contributed by atoms with E-state index in [1.165, 1.54) is 6.92 Å². The molecule has 0 aromatic carbocycles. The summed E-state index contributed by atoms with van der Waals surface area (Å²) in [5.74, 6) is -0.703. The Bertz CT molecular complexity index is 307. The van der Waals surface area contributed by atoms with Crippen molar-refractivity contribution >= 4 is 11.8 Å². The van der Waals surface area contributed by atoms with Gasteiger partial charge in [0.15, 0.2) is 5.78 Å². The summed E-state index contributed by atoms with van der Waals surface area (Å²) in [6.07, 6.45) is 1.77. The smallest absolute Gasteiger partial charge is 0.343 e. The fraction of sp³-hybridized carbons (Fsp3) is 0.636. The van der Waals surface area contributed by atoms with E-state index in [1.54, 1.807) is 6.92 Å².